The Morgan fingerprint density at radius 2 is 2.50 bits per heavy atom. The molecule has 0 aromatic heterocycles. The first-order valence-corrected chi connectivity index (χ1v) is 5.86. The first-order chi connectivity index (χ1) is 7.70. The number of halogens is 1. The van der Waals surface area contributed by atoms with E-state index in [1.807, 2.05) is 18.2 Å². The predicted molar refractivity (Wildman–Crippen MR) is 63.7 cm³/mol. The highest BCUT2D eigenvalue weighted by molar-refractivity contribution is 9.10. The maximum atomic E-state index is 11.5. The molecule has 1 N–H and O–H groups in total. The molecule has 0 bridgehead atoms. The number of nitrogens with one attached hydrogen (secondary N) is 1. The summed E-state index contributed by atoms with van der Waals surface area (Å²) in [4.78, 5) is 11.5. The topological polar surface area (TPSA) is 47.6 Å². The van der Waals surface area contributed by atoms with E-state index in [9.17, 15) is 4.79 Å². The Morgan fingerprint density at radius 3 is 3.25 bits per heavy atom. The number of benzene rings is 1. The van der Waals surface area contributed by atoms with Crippen molar-refractivity contribution in [3.05, 3.63) is 22.7 Å². The van der Waals surface area contributed by atoms with Crippen molar-refractivity contribution in [2.24, 2.45) is 0 Å². The van der Waals surface area contributed by atoms with Gasteiger partial charge in [-0.25, -0.2) is 4.79 Å². The van der Waals surface area contributed by atoms with Gasteiger partial charge in [-0.15, -0.1) is 0 Å². The van der Waals surface area contributed by atoms with Crippen LogP contribution in [0.2, 0.25) is 0 Å². The van der Waals surface area contributed by atoms with Crippen molar-refractivity contribution < 1.29 is 14.3 Å². The Bertz CT molecular complexity index is 408. The molecule has 2 rings (SSSR count). The highest BCUT2D eigenvalue weighted by atomic mass is 79.9. The van der Waals surface area contributed by atoms with Crippen LogP contribution in [0.3, 0.4) is 0 Å². The van der Waals surface area contributed by atoms with E-state index in [4.69, 9.17) is 9.47 Å². The molecule has 0 saturated carbocycles. The fourth-order valence-corrected chi connectivity index (χ4v) is 1.84. The van der Waals surface area contributed by atoms with Gasteiger partial charge in [0.05, 0.1) is 18.8 Å². The van der Waals surface area contributed by atoms with E-state index in [1.54, 1.807) is 6.92 Å². The molecular formula is C11H12BrNO3. The minimum Gasteiger partial charge on any atom is -0.475 e. The summed E-state index contributed by atoms with van der Waals surface area (Å²) >= 11 is 3.35. The third-order valence-corrected chi connectivity index (χ3v) is 2.73. The number of carbonyl (C=O) groups excluding carboxylic acids is 1. The quantitative estimate of drug-likeness (QED) is 0.847. The van der Waals surface area contributed by atoms with Gasteiger partial charge in [0.25, 0.3) is 0 Å². The van der Waals surface area contributed by atoms with Gasteiger partial charge in [0.2, 0.25) is 6.10 Å². The minimum atomic E-state index is -0.568. The molecule has 1 aromatic rings. The van der Waals surface area contributed by atoms with Crippen molar-refractivity contribution in [3.8, 4) is 5.75 Å². The van der Waals surface area contributed by atoms with E-state index in [1.165, 1.54) is 0 Å². The lowest BCUT2D eigenvalue weighted by atomic mass is 10.2. The molecule has 86 valence electrons. The smallest absolute Gasteiger partial charge is 0.349 e. The SMILES string of the molecule is CCOC(=O)C1CNc2ccc(Br)cc2O1. The standard InChI is InChI=1S/C11H12BrNO3/c1-2-15-11(14)10-6-13-8-4-3-7(12)5-9(8)16-10/h3-5,10,13H,2,6H2,1H3. The summed E-state index contributed by atoms with van der Waals surface area (Å²) < 4.78 is 11.4. The van der Waals surface area contributed by atoms with E-state index >= 15 is 0 Å². The van der Waals surface area contributed by atoms with Crippen LogP contribution in [0.15, 0.2) is 22.7 Å². The lowest BCUT2D eigenvalue weighted by molar-refractivity contribution is -0.150. The van der Waals surface area contributed by atoms with Crippen molar-refractivity contribution in [1.29, 1.82) is 0 Å². The van der Waals surface area contributed by atoms with Crippen LogP contribution in [0.4, 0.5) is 5.69 Å². The lowest BCUT2D eigenvalue weighted by Gasteiger charge is -2.25. The Labute approximate surface area is 102 Å². The highest BCUT2D eigenvalue weighted by Gasteiger charge is 2.26. The van der Waals surface area contributed by atoms with Gasteiger partial charge in [0, 0.05) is 4.47 Å². The van der Waals surface area contributed by atoms with Crippen LogP contribution in [0.25, 0.3) is 0 Å². The third kappa shape index (κ3) is 2.29. The summed E-state index contributed by atoms with van der Waals surface area (Å²) in [5, 5.41) is 3.13. The second-order valence-corrected chi connectivity index (χ2v) is 4.30. The van der Waals surface area contributed by atoms with E-state index in [2.05, 4.69) is 21.2 Å². The highest BCUT2D eigenvalue weighted by Crippen LogP contribution is 2.31. The molecule has 16 heavy (non-hydrogen) atoms. The number of fused-ring (bicyclic) bond motifs is 1. The molecule has 1 atom stereocenters. The summed E-state index contributed by atoms with van der Waals surface area (Å²) in [6, 6.07) is 5.65. The molecule has 1 aromatic carbocycles. The Hall–Kier alpha value is -1.23. The van der Waals surface area contributed by atoms with Crippen LogP contribution in [0, 0.1) is 0 Å². The van der Waals surface area contributed by atoms with Crippen LogP contribution in [0.1, 0.15) is 6.92 Å². The zero-order valence-electron chi connectivity index (χ0n) is 8.83. The Balaban J connectivity index is 2.13. The predicted octanol–water partition coefficient (Wildman–Crippen LogP) is 2.19. The van der Waals surface area contributed by atoms with Gasteiger partial charge in [0.1, 0.15) is 5.75 Å². The molecule has 1 unspecified atom stereocenters. The normalized spacial score (nSPS) is 18.0. The van der Waals surface area contributed by atoms with E-state index in [-0.39, 0.29) is 5.97 Å². The maximum Gasteiger partial charge on any atom is 0.349 e. The van der Waals surface area contributed by atoms with Crippen LogP contribution < -0.4 is 10.1 Å². The van der Waals surface area contributed by atoms with Gasteiger partial charge in [-0.05, 0) is 25.1 Å². The maximum absolute atomic E-state index is 11.5. The van der Waals surface area contributed by atoms with Crippen molar-refractivity contribution >= 4 is 27.6 Å². The van der Waals surface area contributed by atoms with Gasteiger partial charge in [-0.1, -0.05) is 15.9 Å². The summed E-state index contributed by atoms with van der Waals surface area (Å²) in [5.41, 5.74) is 0.892. The van der Waals surface area contributed by atoms with Gasteiger partial charge < -0.3 is 14.8 Å². The molecule has 0 fully saturated rings. The zero-order valence-corrected chi connectivity index (χ0v) is 10.4. The zero-order chi connectivity index (χ0) is 11.5. The lowest BCUT2D eigenvalue weighted by Crippen LogP contribution is -2.38. The van der Waals surface area contributed by atoms with Crippen molar-refractivity contribution in [1.82, 2.24) is 0 Å². The van der Waals surface area contributed by atoms with Crippen molar-refractivity contribution in [2.45, 2.75) is 13.0 Å². The molecule has 1 aliphatic heterocycles. The molecule has 4 nitrogen and oxygen atoms in total. The fourth-order valence-electron chi connectivity index (χ4n) is 1.50. The van der Waals surface area contributed by atoms with Crippen LogP contribution in [-0.2, 0) is 9.53 Å². The Morgan fingerprint density at radius 1 is 1.69 bits per heavy atom. The Kier molecular flexibility index (Phi) is 3.33. The summed E-state index contributed by atoms with van der Waals surface area (Å²) in [5.74, 6) is 0.333. The summed E-state index contributed by atoms with van der Waals surface area (Å²) in [6.45, 7) is 2.58. The average molecular weight is 286 g/mol. The largest absolute Gasteiger partial charge is 0.475 e. The van der Waals surface area contributed by atoms with Crippen molar-refractivity contribution in [3.63, 3.8) is 0 Å². The first-order valence-electron chi connectivity index (χ1n) is 5.07. The molecule has 1 heterocycles. The number of rotatable bonds is 2. The molecule has 0 aliphatic carbocycles. The van der Waals surface area contributed by atoms with Crippen LogP contribution in [0.5, 0.6) is 5.75 Å². The first kappa shape index (κ1) is 11.3. The number of hydrogen-bond donors (Lipinski definition) is 1. The fraction of sp³-hybridized carbons (Fsp3) is 0.364. The minimum absolute atomic E-state index is 0.333. The third-order valence-electron chi connectivity index (χ3n) is 2.24. The van der Waals surface area contributed by atoms with Gasteiger partial charge >= 0.3 is 5.97 Å². The van der Waals surface area contributed by atoms with Gasteiger partial charge in [-0.3, -0.25) is 0 Å². The number of anilines is 1. The number of carbonyl (C=O) groups is 1. The van der Waals surface area contributed by atoms with Crippen LogP contribution in [-0.4, -0.2) is 25.2 Å². The van der Waals surface area contributed by atoms with Crippen molar-refractivity contribution in [2.75, 3.05) is 18.5 Å². The molecule has 0 amide bonds. The molecule has 0 saturated heterocycles. The number of hydrogen-bond acceptors (Lipinski definition) is 4. The van der Waals surface area contributed by atoms with Gasteiger partial charge in [-0.2, -0.15) is 0 Å². The molecule has 0 spiro atoms. The van der Waals surface area contributed by atoms with E-state index in [0.717, 1.165) is 10.2 Å². The summed E-state index contributed by atoms with van der Waals surface area (Å²) in [6.07, 6.45) is -0.568. The van der Waals surface area contributed by atoms with E-state index < -0.39 is 6.10 Å². The van der Waals surface area contributed by atoms with Gasteiger partial charge in [0.15, 0.2) is 0 Å². The number of ether oxygens (including phenoxy) is 2. The second-order valence-electron chi connectivity index (χ2n) is 3.38. The molecule has 5 heteroatoms. The second kappa shape index (κ2) is 4.74. The number of esters is 1. The summed E-state index contributed by atoms with van der Waals surface area (Å²) in [7, 11) is 0. The van der Waals surface area contributed by atoms with E-state index in [0.29, 0.717) is 18.9 Å². The molecule has 0 radical (unpaired) electrons. The molecular weight excluding hydrogens is 274 g/mol. The van der Waals surface area contributed by atoms with Crippen LogP contribution >= 0.6 is 15.9 Å². The average Bonchev–Trinajstić information content (AvgIpc) is 2.28. The monoisotopic (exact) mass is 285 g/mol. The molecule has 1 aliphatic rings.